The summed E-state index contributed by atoms with van der Waals surface area (Å²) < 4.78 is 5.42. The van der Waals surface area contributed by atoms with Crippen molar-refractivity contribution >= 4 is 11.5 Å². The van der Waals surface area contributed by atoms with Crippen LogP contribution >= 0.6 is 0 Å². The third-order valence-corrected chi connectivity index (χ3v) is 3.01. The Labute approximate surface area is 122 Å². The van der Waals surface area contributed by atoms with Crippen molar-refractivity contribution in [1.82, 2.24) is 4.98 Å². The predicted octanol–water partition coefficient (Wildman–Crippen LogP) is 3.14. The molecule has 0 amide bonds. The van der Waals surface area contributed by atoms with E-state index in [1.807, 2.05) is 31.2 Å². The van der Waals surface area contributed by atoms with E-state index in [2.05, 4.69) is 10.3 Å². The molecule has 1 N–H and O–H groups in total. The summed E-state index contributed by atoms with van der Waals surface area (Å²) in [6, 6.07) is 10.8. The molecule has 0 radical (unpaired) electrons. The molecule has 6 nitrogen and oxygen atoms in total. The van der Waals surface area contributed by atoms with E-state index in [0.29, 0.717) is 19.8 Å². The number of aromatic nitrogens is 1. The van der Waals surface area contributed by atoms with E-state index in [1.54, 1.807) is 6.07 Å². The molecular weight excluding hydrogens is 270 g/mol. The molecule has 21 heavy (non-hydrogen) atoms. The molecule has 0 aliphatic rings. The van der Waals surface area contributed by atoms with Crippen LogP contribution in [0.4, 0.5) is 11.5 Å². The first-order valence-corrected chi connectivity index (χ1v) is 6.70. The van der Waals surface area contributed by atoms with E-state index in [4.69, 9.17) is 4.74 Å². The minimum absolute atomic E-state index is 0.0280. The number of pyridine rings is 1. The molecule has 2 aromatic rings. The van der Waals surface area contributed by atoms with Gasteiger partial charge in [-0.05, 0) is 24.1 Å². The van der Waals surface area contributed by atoms with Crippen LogP contribution in [0.15, 0.2) is 42.6 Å². The van der Waals surface area contributed by atoms with Crippen LogP contribution in [-0.4, -0.2) is 16.5 Å². The van der Waals surface area contributed by atoms with Crippen molar-refractivity contribution in [2.24, 2.45) is 0 Å². The highest BCUT2D eigenvalue weighted by Crippen LogP contribution is 2.21. The molecule has 0 fully saturated rings. The van der Waals surface area contributed by atoms with Gasteiger partial charge in [0.2, 0.25) is 5.82 Å². The summed E-state index contributed by atoms with van der Waals surface area (Å²) in [6.45, 7) is 3.57. The molecule has 6 heteroatoms. The Balaban J connectivity index is 2.12. The van der Waals surface area contributed by atoms with Gasteiger partial charge in [-0.1, -0.05) is 24.3 Å². The number of anilines is 1. The van der Waals surface area contributed by atoms with E-state index in [-0.39, 0.29) is 11.5 Å². The molecule has 1 aromatic carbocycles. The Hall–Kier alpha value is -2.47. The fourth-order valence-electron chi connectivity index (χ4n) is 1.94. The minimum atomic E-state index is -0.443. The maximum Gasteiger partial charge on any atom is 0.311 e. The molecule has 0 spiro atoms. The van der Waals surface area contributed by atoms with E-state index < -0.39 is 4.92 Å². The van der Waals surface area contributed by atoms with Gasteiger partial charge in [0.25, 0.3) is 0 Å². The molecule has 0 saturated heterocycles. The number of nitrogens with zero attached hydrogens (tertiary/aromatic N) is 2. The third kappa shape index (κ3) is 4.00. The molecule has 0 aliphatic heterocycles. The normalized spacial score (nSPS) is 10.3. The molecule has 0 bridgehead atoms. The van der Waals surface area contributed by atoms with Crippen molar-refractivity contribution < 1.29 is 9.66 Å². The maximum absolute atomic E-state index is 10.9. The zero-order valence-electron chi connectivity index (χ0n) is 11.8. The first-order valence-electron chi connectivity index (χ1n) is 6.70. The summed E-state index contributed by atoms with van der Waals surface area (Å²) in [5, 5.41) is 14.0. The molecule has 1 aromatic heterocycles. The van der Waals surface area contributed by atoms with E-state index in [1.165, 1.54) is 12.3 Å². The van der Waals surface area contributed by atoms with Crippen LogP contribution in [0.1, 0.15) is 18.1 Å². The number of nitrogens with one attached hydrogen (secondary N) is 1. The number of hydrogen-bond donors (Lipinski definition) is 1. The van der Waals surface area contributed by atoms with Gasteiger partial charge in [0, 0.05) is 25.4 Å². The van der Waals surface area contributed by atoms with Gasteiger partial charge >= 0.3 is 5.69 Å². The van der Waals surface area contributed by atoms with Crippen molar-refractivity contribution in [3.63, 3.8) is 0 Å². The number of rotatable bonds is 7. The Morgan fingerprint density at radius 2 is 2.00 bits per heavy atom. The monoisotopic (exact) mass is 287 g/mol. The van der Waals surface area contributed by atoms with Gasteiger partial charge in [0.05, 0.1) is 11.5 Å². The van der Waals surface area contributed by atoms with Crippen molar-refractivity contribution in [2.45, 2.75) is 20.1 Å². The number of hydrogen-bond acceptors (Lipinski definition) is 5. The largest absolute Gasteiger partial charge is 0.377 e. The molecule has 0 saturated carbocycles. The first-order chi connectivity index (χ1) is 10.2. The third-order valence-electron chi connectivity index (χ3n) is 3.01. The lowest BCUT2D eigenvalue weighted by Crippen LogP contribution is -2.07. The average molecular weight is 287 g/mol. The zero-order chi connectivity index (χ0) is 15.1. The van der Waals surface area contributed by atoms with Gasteiger partial charge in [-0.25, -0.2) is 4.98 Å². The Morgan fingerprint density at radius 3 is 2.71 bits per heavy atom. The Morgan fingerprint density at radius 1 is 1.24 bits per heavy atom. The SMILES string of the molecule is CCOCc1ccccc1CNc1ncccc1[N+](=O)[O-]. The van der Waals surface area contributed by atoms with Gasteiger partial charge in [-0.2, -0.15) is 0 Å². The van der Waals surface area contributed by atoms with Crippen LogP contribution in [0, 0.1) is 10.1 Å². The second-order valence-corrected chi connectivity index (χ2v) is 4.39. The van der Waals surface area contributed by atoms with Crippen LogP contribution in [0.5, 0.6) is 0 Å². The molecule has 2 rings (SSSR count). The van der Waals surface area contributed by atoms with E-state index in [9.17, 15) is 10.1 Å². The molecule has 1 heterocycles. The maximum atomic E-state index is 10.9. The smallest absolute Gasteiger partial charge is 0.311 e. The van der Waals surface area contributed by atoms with Gasteiger partial charge < -0.3 is 10.1 Å². The van der Waals surface area contributed by atoms with Gasteiger partial charge in [-0.15, -0.1) is 0 Å². The lowest BCUT2D eigenvalue weighted by atomic mass is 10.1. The fourth-order valence-corrected chi connectivity index (χ4v) is 1.94. The second kappa shape index (κ2) is 7.35. The molecule has 0 aliphatic carbocycles. The molecule has 0 unspecified atom stereocenters. The summed E-state index contributed by atoms with van der Waals surface area (Å²) in [5.41, 5.74) is 2.07. The first kappa shape index (κ1) is 14.9. The highest BCUT2D eigenvalue weighted by Gasteiger charge is 2.13. The summed E-state index contributed by atoms with van der Waals surface area (Å²) in [7, 11) is 0. The van der Waals surface area contributed by atoms with Crippen LogP contribution in [0.3, 0.4) is 0 Å². The Bertz CT molecular complexity index is 617. The lowest BCUT2D eigenvalue weighted by Gasteiger charge is -2.11. The highest BCUT2D eigenvalue weighted by molar-refractivity contribution is 5.55. The van der Waals surface area contributed by atoms with Crippen LogP contribution in [-0.2, 0) is 17.9 Å². The quantitative estimate of drug-likeness (QED) is 0.625. The number of nitro groups is 1. The summed E-state index contributed by atoms with van der Waals surface area (Å²) in [4.78, 5) is 14.5. The molecular formula is C15H17N3O3. The second-order valence-electron chi connectivity index (χ2n) is 4.39. The summed E-state index contributed by atoms with van der Waals surface area (Å²) in [6.07, 6.45) is 1.53. The number of ether oxygens (including phenoxy) is 1. The number of benzene rings is 1. The summed E-state index contributed by atoms with van der Waals surface area (Å²) >= 11 is 0. The average Bonchev–Trinajstić information content (AvgIpc) is 2.52. The summed E-state index contributed by atoms with van der Waals surface area (Å²) in [5.74, 6) is 0.272. The van der Waals surface area contributed by atoms with Crippen molar-refractivity contribution in [3.8, 4) is 0 Å². The predicted molar refractivity (Wildman–Crippen MR) is 80.0 cm³/mol. The topological polar surface area (TPSA) is 77.3 Å². The van der Waals surface area contributed by atoms with Crippen LogP contribution in [0.25, 0.3) is 0 Å². The Kier molecular flexibility index (Phi) is 5.22. The van der Waals surface area contributed by atoms with E-state index >= 15 is 0 Å². The minimum Gasteiger partial charge on any atom is -0.377 e. The van der Waals surface area contributed by atoms with Crippen molar-refractivity contribution in [3.05, 3.63) is 63.8 Å². The molecule has 0 atom stereocenters. The van der Waals surface area contributed by atoms with Crippen LogP contribution < -0.4 is 5.32 Å². The molecule has 110 valence electrons. The standard InChI is InChI=1S/C15H17N3O3/c1-2-21-11-13-7-4-3-6-12(13)10-17-15-14(18(19)20)8-5-9-16-15/h3-9H,2,10-11H2,1H3,(H,16,17). The van der Waals surface area contributed by atoms with E-state index in [0.717, 1.165) is 11.1 Å². The van der Waals surface area contributed by atoms with Crippen molar-refractivity contribution in [2.75, 3.05) is 11.9 Å². The van der Waals surface area contributed by atoms with Crippen molar-refractivity contribution in [1.29, 1.82) is 0 Å². The van der Waals surface area contributed by atoms with Gasteiger partial charge in [0.1, 0.15) is 0 Å². The fraction of sp³-hybridized carbons (Fsp3) is 0.267. The van der Waals surface area contributed by atoms with Crippen LogP contribution in [0.2, 0.25) is 0 Å². The highest BCUT2D eigenvalue weighted by atomic mass is 16.6. The zero-order valence-corrected chi connectivity index (χ0v) is 11.8. The lowest BCUT2D eigenvalue weighted by molar-refractivity contribution is -0.384. The van der Waals surface area contributed by atoms with Gasteiger partial charge in [0.15, 0.2) is 0 Å². The van der Waals surface area contributed by atoms with Gasteiger partial charge in [-0.3, -0.25) is 10.1 Å².